The maximum absolute atomic E-state index is 12.2. The molecule has 1 N–H and O–H groups in total. The lowest BCUT2D eigenvalue weighted by atomic mass is 10.1. The van der Waals surface area contributed by atoms with Crippen LogP contribution >= 0.6 is 0 Å². The van der Waals surface area contributed by atoms with Crippen molar-refractivity contribution in [3.63, 3.8) is 0 Å². The van der Waals surface area contributed by atoms with E-state index in [1.165, 1.54) is 0 Å². The highest BCUT2D eigenvalue weighted by Crippen LogP contribution is 2.23. The van der Waals surface area contributed by atoms with Crippen LogP contribution in [0.1, 0.15) is 27.4 Å². The molecule has 0 fully saturated rings. The van der Waals surface area contributed by atoms with Crippen LogP contribution in [0.3, 0.4) is 0 Å². The van der Waals surface area contributed by atoms with Crippen LogP contribution in [0.15, 0.2) is 52.9 Å². The molecular weight excluding hydrogens is 278 g/mol. The van der Waals surface area contributed by atoms with Crippen LogP contribution in [-0.2, 0) is 0 Å². The van der Waals surface area contributed by atoms with Gasteiger partial charge in [-0.25, -0.2) is 0 Å². The lowest BCUT2D eigenvalue weighted by Gasteiger charge is -2.08. The van der Waals surface area contributed by atoms with Crippen LogP contribution < -0.4 is 5.32 Å². The molecule has 1 heterocycles. The Hall–Kier alpha value is -2.95. The average Bonchev–Trinajstić information content (AvgIpc) is 3.00. The monoisotopic (exact) mass is 293 g/mol. The Morgan fingerprint density at radius 2 is 1.64 bits per heavy atom. The van der Waals surface area contributed by atoms with Crippen molar-refractivity contribution in [1.82, 2.24) is 10.2 Å². The van der Waals surface area contributed by atoms with Gasteiger partial charge in [0.25, 0.3) is 5.89 Å². The first-order valence-corrected chi connectivity index (χ1v) is 6.91. The molecule has 22 heavy (non-hydrogen) atoms. The van der Waals surface area contributed by atoms with E-state index in [-0.39, 0.29) is 17.7 Å². The van der Waals surface area contributed by atoms with Crippen molar-refractivity contribution in [3.8, 4) is 0 Å². The Labute approximate surface area is 128 Å². The first kappa shape index (κ1) is 14.0. The molecule has 2 aromatic carbocycles. The Balaban J connectivity index is 1.84. The molecule has 0 atom stereocenters. The van der Waals surface area contributed by atoms with E-state index in [0.29, 0.717) is 5.56 Å². The number of hydrogen-bond acceptors (Lipinski definition) is 5. The van der Waals surface area contributed by atoms with Gasteiger partial charge in [0.15, 0.2) is 0 Å². The Bertz CT molecular complexity index is 790. The van der Waals surface area contributed by atoms with Crippen LogP contribution in [0.4, 0.5) is 11.7 Å². The number of nitrogens with zero attached hydrogens (tertiary/aromatic N) is 2. The van der Waals surface area contributed by atoms with E-state index in [1.54, 1.807) is 24.3 Å². The molecule has 0 radical (unpaired) electrons. The lowest BCUT2D eigenvalue weighted by Crippen LogP contribution is -2.01. The third-order valence-corrected chi connectivity index (χ3v) is 3.37. The number of hydrogen-bond donors (Lipinski definition) is 1. The number of benzene rings is 2. The number of ketones is 1. The van der Waals surface area contributed by atoms with Crippen LogP contribution in [-0.4, -0.2) is 16.0 Å². The largest absolute Gasteiger partial charge is 0.400 e. The molecule has 3 aromatic rings. The number of anilines is 2. The summed E-state index contributed by atoms with van der Waals surface area (Å²) in [6.45, 7) is 3.98. The van der Waals surface area contributed by atoms with E-state index < -0.39 is 0 Å². The summed E-state index contributed by atoms with van der Waals surface area (Å²) in [7, 11) is 0. The molecular formula is C17H15N3O2. The molecule has 0 aliphatic heterocycles. The molecule has 0 spiro atoms. The smallest absolute Gasteiger partial charge is 0.320 e. The number of carbonyl (C=O) groups is 1. The normalized spacial score (nSPS) is 10.5. The highest BCUT2D eigenvalue weighted by molar-refractivity contribution is 6.05. The SMILES string of the molecule is Cc1cccc(C)c1Nc1nnc(C(=O)c2ccccc2)o1. The van der Waals surface area contributed by atoms with Gasteiger partial charge in [-0.05, 0) is 25.0 Å². The van der Waals surface area contributed by atoms with E-state index in [4.69, 9.17) is 4.42 Å². The fourth-order valence-electron chi connectivity index (χ4n) is 2.20. The molecule has 110 valence electrons. The molecule has 0 aliphatic carbocycles. The van der Waals surface area contributed by atoms with Crippen molar-refractivity contribution in [2.45, 2.75) is 13.8 Å². The minimum atomic E-state index is -0.289. The predicted molar refractivity (Wildman–Crippen MR) is 83.4 cm³/mol. The fraction of sp³-hybridized carbons (Fsp3) is 0.118. The van der Waals surface area contributed by atoms with Gasteiger partial charge in [0.2, 0.25) is 5.78 Å². The zero-order valence-electron chi connectivity index (χ0n) is 12.3. The number of rotatable bonds is 4. The molecule has 0 unspecified atom stereocenters. The van der Waals surface area contributed by atoms with Crippen molar-refractivity contribution in [1.29, 1.82) is 0 Å². The summed E-state index contributed by atoms with van der Waals surface area (Å²) in [6, 6.07) is 15.0. The second-order valence-electron chi connectivity index (χ2n) is 5.00. The van der Waals surface area contributed by atoms with Gasteiger partial charge in [-0.3, -0.25) is 4.79 Å². The van der Waals surface area contributed by atoms with Gasteiger partial charge in [0.05, 0.1) is 0 Å². The number of aryl methyl sites for hydroxylation is 2. The number of nitrogens with one attached hydrogen (secondary N) is 1. The van der Waals surface area contributed by atoms with Crippen molar-refractivity contribution >= 4 is 17.5 Å². The fourth-order valence-corrected chi connectivity index (χ4v) is 2.20. The summed E-state index contributed by atoms with van der Waals surface area (Å²) in [6.07, 6.45) is 0. The van der Waals surface area contributed by atoms with Gasteiger partial charge in [-0.2, -0.15) is 0 Å². The zero-order valence-corrected chi connectivity index (χ0v) is 12.3. The van der Waals surface area contributed by atoms with E-state index in [9.17, 15) is 4.79 Å². The molecule has 0 aliphatic rings. The maximum atomic E-state index is 12.2. The first-order chi connectivity index (χ1) is 10.6. The van der Waals surface area contributed by atoms with E-state index in [0.717, 1.165) is 16.8 Å². The summed E-state index contributed by atoms with van der Waals surface area (Å²) in [4.78, 5) is 12.2. The molecule has 0 bridgehead atoms. The molecule has 0 amide bonds. The van der Waals surface area contributed by atoms with Gasteiger partial charge in [-0.1, -0.05) is 53.6 Å². The summed E-state index contributed by atoms with van der Waals surface area (Å²) in [5, 5.41) is 10.8. The topological polar surface area (TPSA) is 68.0 Å². The quantitative estimate of drug-likeness (QED) is 0.743. The third kappa shape index (κ3) is 2.74. The molecule has 5 nitrogen and oxygen atoms in total. The van der Waals surface area contributed by atoms with Gasteiger partial charge in [0.1, 0.15) is 0 Å². The molecule has 0 saturated heterocycles. The van der Waals surface area contributed by atoms with Crippen LogP contribution in [0, 0.1) is 13.8 Å². The van der Waals surface area contributed by atoms with Crippen molar-refractivity contribution in [2.75, 3.05) is 5.32 Å². The lowest BCUT2D eigenvalue weighted by molar-refractivity contribution is 0.100. The highest BCUT2D eigenvalue weighted by atomic mass is 16.4. The van der Waals surface area contributed by atoms with Gasteiger partial charge >= 0.3 is 6.01 Å². The second kappa shape index (κ2) is 5.81. The van der Waals surface area contributed by atoms with E-state index in [2.05, 4.69) is 15.5 Å². The average molecular weight is 293 g/mol. The Morgan fingerprint density at radius 1 is 0.955 bits per heavy atom. The molecule has 0 saturated carbocycles. The second-order valence-corrected chi connectivity index (χ2v) is 5.00. The number of para-hydroxylation sites is 1. The van der Waals surface area contributed by atoms with Gasteiger partial charge < -0.3 is 9.73 Å². The third-order valence-electron chi connectivity index (χ3n) is 3.37. The zero-order chi connectivity index (χ0) is 15.5. The summed E-state index contributed by atoms with van der Waals surface area (Å²) < 4.78 is 5.43. The highest BCUT2D eigenvalue weighted by Gasteiger charge is 2.17. The van der Waals surface area contributed by atoms with Crippen LogP contribution in [0.5, 0.6) is 0 Å². The summed E-state index contributed by atoms with van der Waals surface area (Å²) in [5.41, 5.74) is 3.55. The predicted octanol–water partition coefficient (Wildman–Crippen LogP) is 3.66. The minimum Gasteiger partial charge on any atom is -0.400 e. The molecule has 3 rings (SSSR count). The van der Waals surface area contributed by atoms with Crippen molar-refractivity contribution in [2.24, 2.45) is 0 Å². The van der Waals surface area contributed by atoms with Crippen molar-refractivity contribution < 1.29 is 9.21 Å². The van der Waals surface area contributed by atoms with Crippen LogP contribution in [0.2, 0.25) is 0 Å². The van der Waals surface area contributed by atoms with Crippen molar-refractivity contribution in [3.05, 3.63) is 71.1 Å². The van der Waals surface area contributed by atoms with Gasteiger partial charge in [0, 0.05) is 11.3 Å². The minimum absolute atomic E-state index is 0.0278. The molecule has 1 aromatic heterocycles. The van der Waals surface area contributed by atoms with Crippen LogP contribution in [0.25, 0.3) is 0 Å². The van der Waals surface area contributed by atoms with Gasteiger partial charge in [-0.15, -0.1) is 5.10 Å². The first-order valence-electron chi connectivity index (χ1n) is 6.91. The summed E-state index contributed by atoms with van der Waals surface area (Å²) in [5.74, 6) is -0.317. The summed E-state index contributed by atoms with van der Waals surface area (Å²) >= 11 is 0. The van der Waals surface area contributed by atoms with E-state index >= 15 is 0 Å². The standard InChI is InChI=1S/C17H15N3O2/c1-11-7-6-8-12(2)14(11)18-17-20-19-16(22-17)15(21)13-9-4-3-5-10-13/h3-10H,1-2H3,(H,18,20). The number of aromatic nitrogens is 2. The van der Waals surface area contributed by atoms with E-state index in [1.807, 2.05) is 38.1 Å². The number of carbonyl (C=O) groups excluding carboxylic acids is 1. The Morgan fingerprint density at radius 3 is 2.32 bits per heavy atom. The maximum Gasteiger partial charge on any atom is 0.320 e. The molecule has 5 heteroatoms. The Kier molecular flexibility index (Phi) is 3.70.